The number of nitrogens with zero attached hydrogens (tertiary/aromatic N) is 1. The monoisotopic (exact) mass is 277 g/mol. The van der Waals surface area contributed by atoms with Gasteiger partial charge in [0.2, 0.25) is 0 Å². The summed E-state index contributed by atoms with van der Waals surface area (Å²) in [5, 5.41) is 3.11. The van der Waals surface area contributed by atoms with E-state index in [1.54, 1.807) is 24.5 Å². The third-order valence-electron chi connectivity index (χ3n) is 2.67. The number of hydrogen-bond donors (Lipinski definition) is 2. The Morgan fingerprint density at radius 3 is 2.68 bits per heavy atom. The second kappa shape index (κ2) is 5.27. The highest BCUT2D eigenvalue weighted by atomic mass is 32.2. The molecule has 1 aromatic carbocycles. The van der Waals surface area contributed by atoms with Gasteiger partial charge in [0.1, 0.15) is 0 Å². The third-order valence-corrected chi connectivity index (χ3v) is 3.83. The first-order valence-corrected chi connectivity index (χ1v) is 7.59. The maximum atomic E-state index is 11.6. The smallest absolute Gasteiger partial charge is 0.177 e. The number of aromatic nitrogens is 1. The van der Waals surface area contributed by atoms with Crippen molar-refractivity contribution in [3.05, 3.63) is 48.3 Å². The van der Waals surface area contributed by atoms with Crippen LogP contribution in [0.3, 0.4) is 0 Å². The average Bonchev–Trinajstić information content (AvgIpc) is 2.37. The van der Waals surface area contributed by atoms with E-state index in [0.29, 0.717) is 12.2 Å². The summed E-state index contributed by atoms with van der Waals surface area (Å²) >= 11 is 0. The number of benzene rings is 1. The van der Waals surface area contributed by atoms with E-state index in [0.717, 1.165) is 11.8 Å². The molecule has 0 unspecified atom stereocenters. The Kier molecular flexibility index (Phi) is 3.71. The Morgan fingerprint density at radius 1 is 1.26 bits per heavy atom. The molecule has 0 saturated heterocycles. The van der Waals surface area contributed by atoms with Gasteiger partial charge in [-0.3, -0.25) is 4.98 Å². The Bertz CT molecular complexity index is 670. The van der Waals surface area contributed by atoms with Crippen molar-refractivity contribution in [1.29, 1.82) is 0 Å². The lowest BCUT2D eigenvalue weighted by Gasteiger charge is -2.11. The van der Waals surface area contributed by atoms with Gasteiger partial charge in [0.25, 0.3) is 0 Å². The van der Waals surface area contributed by atoms with Crippen LogP contribution in [-0.2, 0) is 16.4 Å². The molecule has 1 heterocycles. The molecule has 2 rings (SSSR count). The lowest BCUT2D eigenvalue weighted by Crippen LogP contribution is -2.07. The Hall–Kier alpha value is -2.08. The first-order valence-electron chi connectivity index (χ1n) is 5.70. The number of rotatable bonds is 4. The van der Waals surface area contributed by atoms with Crippen LogP contribution in [0.15, 0.2) is 47.6 Å². The van der Waals surface area contributed by atoms with Gasteiger partial charge < -0.3 is 11.1 Å². The first-order chi connectivity index (χ1) is 8.98. The molecule has 0 radical (unpaired) electrons. The predicted molar refractivity (Wildman–Crippen MR) is 75.5 cm³/mol. The van der Waals surface area contributed by atoms with Gasteiger partial charge >= 0.3 is 0 Å². The fourth-order valence-corrected chi connectivity index (χ4v) is 2.56. The van der Waals surface area contributed by atoms with Crippen LogP contribution < -0.4 is 11.1 Å². The molecule has 5 nitrogen and oxygen atoms in total. The second-order valence-corrected chi connectivity index (χ2v) is 6.19. The van der Waals surface area contributed by atoms with E-state index in [2.05, 4.69) is 10.3 Å². The lowest BCUT2D eigenvalue weighted by atomic mass is 10.2. The zero-order valence-corrected chi connectivity index (χ0v) is 11.3. The largest absolute Gasteiger partial charge is 0.396 e. The normalized spacial score (nSPS) is 11.2. The summed E-state index contributed by atoms with van der Waals surface area (Å²) in [6.45, 7) is 0.533. The van der Waals surface area contributed by atoms with Crippen molar-refractivity contribution < 1.29 is 8.42 Å². The number of nitrogens with one attached hydrogen (secondary N) is 1. The van der Waals surface area contributed by atoms with Crippen LogP contribution in [0.4, 0.5) is 11.4 Å². The van der Waals surface area contributed by atoms with Gasteiger partial charge in [0.15, 0.2) is 9.84 Å². The van der Waals surface area contributed by atoms with Gasteiger partial charge in [-0.1, -0.05) is 12.1 Å². The third kappa shape index (κ3) is 3.23. The highest BCUT2D eigenvalue weighted by Crippen LogP contribution is 2.26. The van der Waals surface area contributed by atoms with Crippen molar-refractivity contribution >= 4 is 21.2 Å². The second-order valence-electron chi connectivity index (χ2n) is 4.20. The molecule has 19 heavy (non-hydrogen) atoms. The maximum Gasteiger partial charge on any atom is 0.177 e. The van der Waals surface area contributed by atoms with E-state index >= 15 is 0 Å². The van der Waals surface area contributed by atoms with Crippen molar-refractivity contribution in [2.45, 2.75) is 11.4 Å². The molecule has 0 saturated carbocycles. The van der Waals surface area contributed by atoms with Crippen LogP contribution in [0, 0.1) is 0 Å². The summed E-state index contributed by atoms with van der Waals surface area (Å²) in [5.41, 5.74) is 7.72. The quantitative estimate of drug-likeness (QED) is 0.830. The van der Waals surface area contributed by atoms with Crippen LogP contribution in [0.1, 0.15) is 5.56 Å². The summed E-state index contributed by atoms with van der Waals surface area (Å²) < 4.78 is 23.1. The molecule has 2 aromatic rings. The molecule has 0 aliphatic heterocycles. The number of anilines is 2. The van der Waals surface area contributed by atoms with E-state index in [-0.39, 0.29) is 10.6 Å². The molecule has 0 spiro atoms. The standard InChI is InChI=1S/C13H15N3O2S/c1-19(17,18)12-6-2-5-11(13(12)14)16-9-10-4-3-7-15-8-10/h2-8,16H,9,14H2,1H3. The van der Waals surface area contributed by atoms with Gasteiger partial charge in [-0.25, -0.2) is 8.42 Å². The number of sulfone groups is 1. The molecule has 0 atom stereocenters. The zero-order chi connectivity index (χ0) is 13.9. The highest BCUT2D eigenvalue weighted by molar-refractivity contribution is 7.90. The van der Waals surface area contributed by atoms with Gasteiger partial charge in [0, 0.05) is 25.2 Å². The molecule has 0 bridgehead atoms. The van der Waals surface area contributed by atoms with Crippen molar-refractivity contribution in [3.63, 3.8) is 0 Å². The van der Waals surface area contributed by atoms with Crippen molar-refractivity contribution in [3.8, 4) is 0 Å². The first kappa shape index (κ1) is 13.4. The number of para-hydroxylation sites is 1. The molecular formula is C13H15N3O2S. The van der Waals surface area contributed by atoms with Gasteiger partial charge in [-0.15, -0.1) is 0 Å². The molecule has 6 heteroatoms. The van der Waals surface area contributed by atoms with Gasteiger partial charge in [-0.2, -0.15) is 0 Å². The Balaban J connectivity index is 2.23. The van der Waals surface area contributed by atoms with E-state index in [9.17, 15) is 8.42 Å². The SMILES string of the molecule is CS(=O)(=O)c1cccc(NCc2cccnc2)c1N. The number of hydrogen-bond acceptors (Lipinski definition) is 5. The lowest BCUT2D eigenvalue weighted by molar-refractivity contribution is 0.602. The van der Waals surface area contributed by atoms with Gasteiger partial charge in [0.05, 0.1) is 16.3 Å². The van der Waals surface area contributed by atoms with Crippen LogP contribution in [0.2, 0.25) is 0 Å². The fourth-order valence-electron chi connectivity index (χ4n) is 1.72. The molecular weight excluding hydrogens is 262 g/mol. The number of pyridine rings is 1. The zero-order valence-electron chi connectivity index (χ0n) is 10.5. The summed E-state index contributed by atoms with van der Waals surface area (Å²) in [6, 6.07) is 8.68. The molecule has 0 aliphatic carbocycles. The van der Waals surface area contributed by atoms with Crippen LogP contribution in [0.25, 0.3) is 0 Å². The minimum atomic E-state index is -3.32. The Morgan fingerprint density at radius 2 is 2.05 bits per heavy atom. The summed E-state index contributed by atoms with van der Waals surface area (Å²) in [5.74, 6) is 0. The average molecular weight is 277 g/mol. The molecule has 0 fully saturated rings. The van der Waals surface area contributed by atoms with Gasteiger partial charge in [-0.05, 0) is 23.8 Å². The van der Waals surface area contributed by atoms with Crippen molar-refractivity contribution in [2.75, 3.05) is 17.3 Å². The number of nitrogen functional groups attached to an aromatic ring is 1. The molecule has 0 amide bonds. The summed E-state index contributed by atoms with van der Waals surface area (Å²) in [7, 11) is -3.32. The fraction of sp³-hybridized carbons (Fsp3) is 0.154. The van der Waals surface area contributed by atoms with Crippen LogP contribution >= 0.6 is 0 Å². The molecule has 0 aliphatic rings. The summed E-state index contributed by atoms with van der Waals surface area (Å²) in [4.78, 5) is 4.15. The highest BCUT2D eigenvalue weighted by Gasteiger charge is 2.13. The minimum absolute atomic E-state index is 0.142. The van der Waals surface area contributed by atoms with E-state index < -0.39 is 9.84 Å². The topological polar surface area (TPSA) is 85.1 Å². The summed E-state index contributed by atoms with van der Waals surface area (Å²) in [6.07, 6.45) is 4.58. The minimum Gasteiger partial charge on any atom is -0.396 e. The van der Waals surface area contributed by atoms with E-state index in [1.807, 2.05) is 12.1 Å². The Labute approximate surface area is 112 Å². The predicted octanol–water partition coefficient (Wildman–Crippen LogP) is 1.68. The molecule has 3 N–H and O–H groups in total. The molecule has 1 aromatic heterocycles. The van der Waals surface area contributed by atoms with Crippen LogP contribution in [0.5, 0.6) is 0 Å². The van der Waals surface area contributed by atoms with E-state index in [4.69, 9.17) is 5.73 Å². The number of nitrogens with two attached hydrogens (primary N) is 1. The van der Waals surface area contributed by atoms with E-state index in [1.165, 1.54) is 6.07 Å². The van der Waals surface area contributed by atoms with Crippen molar-refractivity contribution in [2.24, 2.45) is 0 Å². The molecule has 100 valence electrons. The van der Waals surface area contributed by atoms with Crippen LogP contribution in [-0.4, -0.2) is 19.7 Å². The maximum absolute atomic E-state index is 11.6. The van der Waals surface area contributed by atoms with Crippen molar-refractivity contribution in [1.82, 2.24) is 4.98 Å².